The molecule has 1 aromatic rings. The van der Waals surface area contributed by atoms with E-state index < -0.39 is 0 Å². The number of aryl methyl sites for hydroxylation is 1. The number of benzene rings is 1. The van der Waals surface area contributed by atoms with Crippen molar-refractivity contribution in [2.24, 2.45) is 0 Å². The van der Waals surface area contributed by atoms with E-state index in [2.05, 4.69) is 35.5 Å². The molecule has 0 spiro atoms. The molecule has 1 aliphatic heterocycles. The van der Waals surface area contributed by atoms with Gasteiger partial charge in [0.15, 0.2) is 0 Å². The number of rotatable bonds is 3. The van der Waals surface area contributed by atoms with Crippen molar-refractivity contribution in [3.05, 3.63) is 29.3 Å². The molecule has 1 fully saturated rings. The average molecular weight is 420 g/mol. The summed E-state index contributed by atoms with van der Waals surface area (Å²) in [5, 5.41) is 3.89. The Morgan fingerprint density at radius 1 is 1.00 bits per heavy atom. The van der Waals surface area contributed by atoms with E-state index in [9.17, 15) is 0 Å². The first-order valence-corrected chi connectivity index (χ1v) is 7.85. The Morgan fingerprint density at radius 3 is 2.29 bits per heavy atom. The summed E-state index contributed by atoms with van der Waals surface area (Å²) in [6.07, 6.45) is 6.12. The van der Waals surface area contributed by atoms with Gasteiger partial charge in [-0.05, 0) is 69.4 Å². The van der Waals surface area contributed by atoms with Crippen LogP contribution in [0.15, 0.2) is 18.2 Å². The molecule has 1 unspecified atom stereocenters. The van der Waals surface area contributed by atoms with Crippen LogP contribution in [0.2, 0.25) is 0 Å². The van der Waals surface area contributed by atoms with Gasteiger partial charge in [0.05, 0.1) is 7.11 Å². The highest BCUT2D eigenvalue weighted by molar-refractivity contribution is 5.86. The Hall–Kier alpha value is 0.1000. The molecule has 1 aliphatic carbocycles. The van der Waals surface area contributed by atoms with Crippen molar-refractivity contribution in [3.63, 3.8) is 0 Å². The zero-order valence-corrected chi connectivity index (χ0v) is 17.6. The second-order valence-corrected chi connectivity index (χ2v) is 6.28. The highest BCUT2D eigenvalue weighted by atomic mass is 35.5. The van der Waals surface area contributed by atoms with Gasteiger partial charge in [-0.15, -0.1) is 49.6 Å². The molecule has 0 aromatic heterocycles. The summed E-state index contributed by atoms with van der Waals surface area (Å²) >= 11 is 0. The fourth-order valence-electron chi connectivity index (χ4n) is 3.60. The van der Waals surface area contributed by atoms with Crippen molar-refractivity contribution in [1.82, 2.24) is 10.2 Å². The maximum absolute atomic E-state index is 5.53. The highest BCUT2D eigenvalue weighted by Gasteiger charge is 2.25. The summed E-state index contributed by atoms with van der Waals surface area (Å²) in [7, 11) is 4.00. The SMILES string of the molecule is COc1cccc2c1CC(NC1CCN(C)CC1)CC2.Cl.Cl.Cl.Cl. The second-order valence-electron chi connectivity index (χ2n) is 6.28. The van der Waals surface area contributed by atoms with Gasteiger partial charge in [0.2, 0.25) is 0 Å². The minimum Gasteiger partial charge on any atom is -0.496 e. The minimum absolute atomic E-state index is 0. The van der Waals surface area contributed by atoms with E-state index in [-0.39, 0.29) is 49.6 Å². The molecule has 142 valence electrons. The number of methoxy groups -OCH3 is 1. The summed E-state index contributed by atoms with van der Waals surface area (Å²) in [5.41, 5.74) is 2.90. The largest absolute Gasteiger partial charge is 0.496 e. The van der Waals surface area contributed by atoms with Crippen molar-refractivity contribution in [1.29, 1.82) is 0 Å². The Balaban J connectivity index is 0. The highest BCUT2D eigenvalue weighted by Crippen LogP contribution is 2.30. The predicted molar refractivity (Wildman–Crippen MR) is 111 cm³/mol. The van der Waals surface area contributed by atoms with Gasteiger partial charge in [-0.1, -0.05) is 12.1 Å². The van der Waals surface area contributed by atoms with E-state index in [4.69, 9.17) is 4.74 Å². The zero-order chi connectivity index (χ0) is 13.9. The molecule has 3 rings (SSSR count). The van der Waals surface area contributed by atoms with Crippen molar-refractivity contribution in [2.75, 3.05) is 27.2 Å². The Morgan fingerprint density at radius 2 is 1.67 bits per heavy atom. The monoisotopic (exact) mass is 418 g/mol. The molecular weight excluding hydrogens is 390 g/mol. The maximum Gasteiger partial charge on any atom is 0.122 e. The Bertz CT molecular complexity index is 454. The van der Waals surface area contributed by atoms with Crippen LogP contribution in [0.3, 0.4) is 0 Å². The molecule has 1 N–H and O–H groups in total. The van der Waals surface area contributed by atoms with Crippen LogP contribution in [0.1, 0.15) is 30.4 Å². The van der Waals surface area contributed by atoms with Crippen LogP contribution < -0.4 is 10.1 Å². The van der Waals surface area contributed by atoms with Crippen LogP contribution >= 0.6 is 49.6 Å². The molecule has 0 saturated carbocycles. The predicted octanol–water partition coefficient (Wildman–Crippen LogP) is 3.92. The Kier molecular flexibility index (Phi) is 13.7. The van der Waals surface area contributed by atoms with E-state index in [0.717, 1.165) is 12.2 Å². The van der Waals surface area contributed by atoms with Crippen molar-refractivity contribution in [2.45, 2.75) is 44.2 Å². The van der Waals surface area contributed by atoms with Crippen molar-refractivity contribution < 1.29 is 4.74 Å². The summed E-state index contributed by atoms with van der Waals surface area (Å²) in [6.45, 7) is 2.45. The number of nitrogens with one attached hydrogen (secondary N) is 1. The summed E-state index contributed by atoms with van der Waals surface area (Å²) < 4.78 is 5.53. The van der Waals surface area contributed by atoms with E-state index in [1.54, 1.807) is 7.11 Å². The summed E-state index contributed by atoms with van der Waals surface area (Å²) in [5.74, 6) is 1.07. The first-order valence-electron chi connectivity index (χ1n) is 7.85. The van der Waals surface area contributed by atoms with Gasteiger partial charge < -0.3 is 15.0 Å². The minimum atomic E-state index is 0. The Labute approximate surface area is 170 Å². The van der Waals surface area contributed by atoms with Crippen LogP contribution in [0.4, 0.5) is 0 Å². The summed E-state index contributed by atoms with van der Waals surface area (Å²) in [4.78, 5) is 2.43. The van der Waals surface area contributed by atoms with Gasteiger partial charge in [0.1, 0.15) is 5.75 Å². The maximum atomic E-state index is 5.53. The number of fused-ring (bicyclic) bond motifs is 1. The number of hydrogen-bond donors (Lipinski definition) is 1. The number of nitrogens with zero attached hydrogens (tertiary/aromatic N) is 1. The molecule has 2 aliphatic rings. The number of likely N-dealkylation sites (tertiary alicyclic amines) is 1. The van der Waals surface area contributed by atoms with Crippen LogP contribution in [0.25, 0.3) is 0 Å². The fraction of sp³-hybridized carbons (Fsp3) is 0.647. The van der Waals surface area contributed by atoms with Gasteiger partial charge in [-0.2, -0.15) is 0 Å². The van der Waals surface area contributed by atoms with E-state index >= 15 is 0 Å². The van der Waals surface area contributed by atoms with E-state index in [0.29, 0.717) is 12.1 Å². The first kappa shape index (κ1) is 26.3. The molecule has 7 heteroatoms. The van der Waals surface area contributed by atoms with Crippen LogP contribution in [0.5, 0.6) is 5.75 Å². The molecular formula is C17H30Cl4N2O. The topological polar surface area (TPSA) is 24.5 Å². The lowest BCUT2D eigenvalue weighted by atomic mass is 9.87. The molecule has 0 bridgehead atoms. The van der Waals surface area contributed by atoms with Crippen molar-refractivity contribution in [3.8, 4) is 5.75 Å². The van der Waals surface area contributed by atoms with Crippen LogP contribution in [0, 0.1) is 0 Å². The normalized spacial score (nSPS) is 20.3. The lowest BCUT2D eigenvalue weighted by molar-refractivity contribution is 0.220. The molecule has 3 nitrogen and oxygen atoms in total. The molecule has 0 amide bonds. The standard InChI is InChI=1S/C17H26N2O.4ClH/c1-19-10-8-14(9-11-19)18-15-7-6-13-4-3-5-17(20-2)16(13)12-15;;;;/h3-5,14-15,18H,6-12H2,1-2H3;4*1H. The lowest BCUT2D eigenvalue weighted by Gasteiger charge is -2.34. The third kappa shape index (κ3) is 6.44. The van der Waals surface area contributed by atoms with E-state index in [1.807, 2.05) is 0 Å². The molecule has 1 aromatic carbocycles. The molecule has 1 saturated heterocycles. The van der Waals surface area contributed by atoms with Crippen LogP contribution in [-0.2, 0) is 12.8 Å². The van der Waals surface area contributed by atoms with Gasteiger partial charge in [0, 0.05) is 12.1 Å². The van der Waals surface area contributed by atoms with Gasteiger partial charge in [-0.3, -0.25) is 0 Å². The van der Waals surface area contributed by atoms with Crippen LogP contribution in [-0.4, -0.2) is 44.2 Å². The average Bonchev–Trinajstić information content (AvgIpc) is 2.49. The number of halogens is 4. The molecule has 1 heterocycles. The third-order valence-electron chi connectivity index (χ3n) is 4.85. The number of hydrogen-bond acceptors (Lipinski definition) is 3. The molecule has 0 radical (unpaired) electrons. The van der Waals surface area contributed by atoms with Gasteiger partial charge in [0.25, 0.3) is 0 Å². The molecule has 1 atom stereocenters. The van der Waals surface area contributed by atoms with Gasteiger partial charge in [-0.25, -0.2) is 0 Å². The summed E-state index contributed by atoms with van der Waals surface area (Å²) in [6, 6.07) is 7.78. The fourth-order valence-corrected chi connectivity index (χ4v) is 3.60. The first-order chi connectivity index (χ1) is 9.76. The van der Waals surface area contributed by atoms with E-state index in [1.165, 1.54) is 49.9 Å². The number of ether oxygens (including phenoxy) is 1. The zero-order valence-electron chi connectivity index (χ0n) is 14.3. The van der Waals surface area contributed by atoms with Gasteiger partial charge >= 0.3 is 0 Å². The van der Waals surface area contributed by atoms with Crippen molar-refractivity contribution >= 4 is 49.6 Å². The quantitative estimate of drug-likeness (QED) is 0.803. The molecule has 24 heavy (non-hydrogen) atoms. The smallest absolute Gasteiger partial charge is 0.122 e. The number of piperidine rings is 1. The second kappa shape index (κ2) is 12.5. The lowest BCUT2D eigenvalue weighted by Crippen LogP contribution is -2.46. The third-order valence-corrected chi connectivity index (χ3v) is 4.85.